The second-order valence-corrected chi connectivity index (χ2v) is 12.6. The van der Waals surface area contributed by atoms with Gasteiger partial charge in [-0.3, -0.25) is 19.3 Å². The molecule has 0 unspecified atom stereocenters. The molecule has 0 radical (unpaired) electrons. The molecule has 17 heteroatoms. The molecule has 15 nitrogen and oxygen atoms in total. The van der Waals surface area contributed by atoms with Crippen LogP contribution in [0.5, 0.6) is 0 Å². The number of aromatic nitrogens is 4. The molecule has 230 valence electrons. The van der Waals surface area contributed by atoms with Crippen LogP contribution < -0.4 is 16.4 Å². The molecule has 7 atom stereocenters. The first-order valence-electron chi connectivity index (χ1n) is 14.1. The quantitative estimate of drug-likeness (QED) is 0.200. The number of thioether (sulfide) groups is 1. The lowest BCUT2D eigenvalue weighted by Crippen LogP contribution is -2.66. The number of halogens is 1. The van der Waals surface area contributed by atoms with Crippen LogP contribution in [0, 0.1) is 11.8 Å². The van der Waals surface area contributed by atoms with Gasteiger partial charge < -0.3 is 31.3 Å². The molecule has 3 saturated heterocycles. The van der Waals surface area contributed by atoms with E-state index in [0.717, 1.165) is 0 Å². The summed E-state index contributed by atoms with van der Waals surface area (Å²) in [5, 5.41) is 26.8. The third-order valence-corrected chi connectivity index (χ3v) is 10.0. The Morgan fingerprint density at radius 2 is 2.02 bits per heavy atom. The first kappa shape index (κ1) is 30.3. The summed E-state index contributed by atoms with van der Waals surface area (Å²) in [5.74, 6) is -2.70. The van der Waals surface area contributed by atoms with Crippen LogP contribution in [0.25, 0.3) is 0 Å². The summed E-state index contributed by atoms with van der Waals surface area (Å²) in [7, 11) is 0. The van der Waals surface area contributed by atoms with Gasteiger partial charge >= 0.3 is 5.97 Å². The molecule has 42 heavy (non-hydrogen) atoms. The third kappa shape index (κ3) is 6.00. The number of nitrogens with zero attached hydrogens (tertiary/aromatic N) is 7. The maximum atomic E-state index is 13.6. The SMILES string of the molecule is C[C@@H](NC(=O)Cn1cnnn1)[C@@H]1C(=O)N2C(C(=O)O)=C(S[C@@H]3CN[C@H](C(=O)N4CCN(C[C@@H](F)CN)CC4)C3)[C@H](C)[C@@H]12. The van der Waals surface area contributed by atoms with E-state index < -0.39 is 24.1 Å². The number of fused-ring (bicyclic) bond motifs is 1. The van der Waals surface area contributed by atoms with E-state index in [-0.39, 0.29) is 66.3 Å². The topological polar surface area (TPSA) is 192 Å². The van der Waals surface area contributed by atoms with E-state index in [2.05, 4.69) is 26.2 Å². The van der Waals surface area contributed by atoms with Gasteiger partial charge in [-0.2, -0.15) is 0 Å². The largest absolute Gasteiger partial charge is 0.477 e. The van der Waals surface area contributed by atoms with Crippen LogP contribution in [0.1, 0.15) is 20.3 Å². The Kier molecular flexibility index (Phi) is 9.10. The Hall–Kier alpha value is -3.15. The molecule has 0 aromatic carbocycles. The predicted molar refractivity (Wildman–Crippen MR) is 148 cm³/mol. The minimum atomic E-state index is -1.17. The first-order valence-corrected chi connectivity index (χ1v) is 15.0. The highest BCUT2D eigenvalue weighted by Crippen LogP contribution is 2.51. The Morgan fingerprint density at radius 1 is 1.29 bits per heavy atom. The van der Waals surface area contributed by atoms with E-state index in [1.54, 1.807) is 11.8 Å². The van der Waals surface area contributed by atoms with Crippen LogP contribution in [0.3, 0.4) is 0 Å². The number of carboxylic acid groups (broad SMARTS) is 1. The number of carbonyl (C=O) groups excluding carboxylic acids is 3. The fourth-order valence-corrected chi connectivity index (χ4v) is 7.85. The number of carbonyl (C=O) groups is 4. The van der Waals surface area contributed by atoms with Gasteiger partial charge in [0.2, 0.25) is 17.7 Å². The monoisotopic (exact) mass is 608 g/mol. The van der Waals surface area contributed by atoms with Crippen LogP contribution in [0.15, 0.2) is 16.9 Å². The lowest BCUT2D eigenvalue weighted by Gasteiger charge is -2.47. The van der Waals surface area contributed by atoms with Crippen molar-refractivity contribution in [3.63, 3.8) is 0 Å². The Morgan fingerprint density at radius 3 is 2.67 bits per heavy atom. The lowest BCUT2D eigenvalue weighted by molar-refractivity contribution is -0.158. The van der Waals surface area contributed by atoms with Crippen LogP contribution >= 0.6 is 11.8 Å². The normalized spacial score (nSPS) is 29.3. The maximum absolute atomic E-state index is 13.6. The molecule has 1 aromatic rings. The van der Waals surface area contributed by atoms with E-state index in [1.165, 1.54) is 27.7 Å². The molecule has 5 heterocycles. The number of amides is 3. The van der Waals surface area contributed by atoms with Crippen LogP contribution in [-0.4, -0.2) is 139 Å². The number of piperazine rings is 1. The van der Waals surface area contributed by atoms with Gasteiger partial charge in [0.1, 0.15) is 24.7 Å². The molecule has 4 aliphatic rings. The lowest BCUT2D eigenvalue weighted by atomic mass is 9.78. The number of β-lactam (4-membered cyclic amide) rings is 1. The summed E-state index contributed by atoms with van der Waals surface area (Å²) >= 11 is 1.41. The highest BCUT2D eigenvalue weighted by molar-refractivity contribution is 8.03. The van der Waals surface area contributed by atoms with Crippen molar-refractivity contribution in [1.29, 1.82) is 0 Å². The molecular formula is C25H37FN10O5S. The molecule has 5 rings (SSSR count). The van der Waals surface area contributed by atoms with Crippen molar-refractivity contribution >= 4 is 35.5 Å². The zero-order valence-corrected chi connectivity index (χ0v) is 24.4. The molecule has 1 aromatic heterocycles. The number of nitrogens with two attached hydrogens (primary N) is 1. The molecule has 3 amide bonds. The Labute approximate surface area is 246 Å². The molecule has 5 N–H and O–H groups in total. The molecule has 0 spiro atoms. The van der Waals surface area contributed by atoms with Crippen molar-refractivity contribution in [1.82, 2.24) is 45.5 Å². The number of nitrogens with one attached hydrogen (secondary N) is 2. The van der Waals surface area contributed by atoms with E-state index in [4.69, 9.17) is 5.73 Å². The number of hydrogen-bond acceptors (Lipinski definition) is 11. The van der Waals surface area contributed by atoms with Crippen molar-refractivity contribution in [2.75, 3.05) is 45.8 Å². The highest BCUT2D eigenvalue weighted by atomic mass is 32.2. The van der Waals surface area contributed by atoms with Crippen molar-refractivity contribution in [3.05, 3.63) is 16.9 Å². The molecule has 0 saturated carbocycles. The number of tetrazole rings is 1. The van der Waals surface area contributed by atoms with Gasteiger partial charge in [0.05, 0.1) is 18.0 Å². The second kappa shape index (κ2) is 12.6. The van der Waals surface area contributed by atoms with E-state index in [1.807, 2.05) is 11.8 Å². The highest BCUT2D eigenvalue weighted by Gasteiger charge is 2.60. The van der Waals surface area contributed by atoms with Crippen LogP contribution in [0.4, 0.5) is 4.39 Å². The van der Waals surface area contributed by atoms with Gasteiger partial charge in [-0.1, -0.05) is 6.92 Å². The number of aliphatic carboxylic acids is 1. The van der Waals surface area contributed by atoms with Crippen molar-refractivity contribution < 1.29 is 28.7 Å². The molecule has 0 bridgehead atoms. The second-order valence-electron chi connectivity index (χ2n) is 11.3. The van der Waals surface area contributed by atoms with Crippen molar-refractivity contribution in [3.8, 4) is 0 Å². The standard InChI is InChI=1S/C25H37FN10O5S/c1-13-20-19(14(2)30-18(37)11-35-12-29-31-32-35)24(39)36(20)21(25(40)41)22(13)42-16-7-17(28-9-16)23(38)34-5-3-33(4-6-34)10-15(26)8-27/h12-17,19-20,28H,3-11,27H2,1-2H3,(H,30,37)(H,40,41)/t13-,14-,15+,16+,17+,19+,20+/m1/s1. The summed E-state index contributed by atoms with van der Waals surface area (Å²) in [4.78, 5) is 56.9. The zero-order valence-electron chi connectivity index (χ0n) is 23.6. The summed E-state index contributed by atoms with van der Waals surface area (Å²) in [6.45, 7) is 6.53. The van der Waals surface area contributed by atoms with E-state index in [9.17, 15) is 28.7 Å². The van der Waals surface area contributed by atoms with Gasteiger partial charge in [-0.25, -0.2) is 13.9 Å². The molecule has 3 fully saturated rings. The average molecular weight is 609 g/mol. The smallest absolute Gasteiger partial charge is 0.353 e. The zero-order chi connectivity index (χ0) is 30.1. The van der Waals surface area contributed by atoms with Crippen LogP contribution in [0.2, 0.25) is 0 Å². The maximum Gasteiger partial charge on any atom is 0.353 e. The average Bonchev–Trinajstić information content (AvgIpc) is 3.69. The van der Waals surface area contributed by atoms with Gasteiger partial charge in [-0.05, 0) is 23.8 Å². The van der Waals surface area contributed by atoms with E-state index in [0.29, 0.717) is 44.0 Å². The minimum absolute atomic E-state index is 0.00872. The summed E-state index contributed by atoms with van der Waals surface area (Å²) in [6.07, 6.45) is 0.763. The Balaban J connectivity index is 1.17. The fraction of sp³-hybridized carbons (Fsp3) is 0.720. The molecular weight excluding hydrogens is 571 g/mol. The van der Waals surface area contributed by atoms with E-state index >= 15 is 0 Å². The van der Waals surface area contributed by atoms with Crippen LogP contribution in [-0.2, 0) is 25.7 Å². The number of hydrogen-bond donors (Lipinski definition) is 4. The van der Waals surface area contributed by atoms with Gasteiger partial charge in [0.25, 0.3) is 0 Å². The number of alkyl halides is 1. The summed E-state index contributed by atoms with van der Waals surface area (Å²) < 4.78 is 14.9. The first-order chi connectivity index (χ1) is 20.1. The van der Waals surface area contributed by atoms with Gasteiger partial charge in [0, 0.05) is 67.9 Å². The number of carboxylic acids is 1. The summed E-state index contributed by atoms with van der Waals surface area (Å²) in [5.41, 5.74) is 5.37. The number of rotatable bonds is 11. The van der Waals surface area contributed by atoms with Gasteiger partial charge in [0.15, 0.2) is 0 Å². The summed E-state index contributed by atoms with van der Waals surface area (Å²) in [6, 6.07) is -1.30. The fourth-order valence-electron chi connectivity index (χ4n) is 6.37. The molecule has 0 aliphatic carbocycles. The molecule has 4 aliphatic heterocycles. The van der Waals surface area contributed by atoms with Crippen molar-refractivity contribution in [2.24, 2.45) is 17.6 Å². The van der Waals surface area contributed by atoms with Crippen molar-refractivity contribution in [2.45, 2.75) is 56.4 Å². The Bertz CT molecular complexity index is 1230. The third-order valence-electron chi connectivity index (χ3n) is 8.49. The minimum Gasteiger partial charge on any atom is -0.477 e. The predicted octanol–water partition coefficient (Wildman–Crippen LogP) is -2.14. The van der Waals surface area contributed by atoms with Gasteiger partial charge in [-0.15, -0.1) is 16.9 Å².